The zero-order valence-corrected chi connectivity index (χ0v) is 12.6. The van der Waals surface area contributed by atoms with Gasteiger partial charge in [0.05, 0.1) is 13.1 Å². The summed E-state index contributed by atoms with van der Waals surface area (Å²) in [5, 5.41) is 8.27. The highest BCUT2D eigenvalue weighted by molar-refractivity contribution is 5.17. The molecule has 2 aromatic rings. The van der Waals surface area contributed by atoms with Crippen LogP contribution in [0, 0.1) is 12.8 Å². The van der Waals surface area contributed by atoms with Crippen LogP contribution in [0.1, 0.15) is 42.4 Å². The van der Waals surface area contributed by atoms with E-state index < -0.39 is 0 Å². The molecule has 1 fully saturated rings. The molecule has 0 amide bonds. The molecule has 1 aliphatic carbocycles. The second-order valence-electron chi connectivity index (χ2n) is 6.02. The predicted molar refractivity (Wildman–Crippen MR) is 76.1 cm³/mol. The molecule has 2 aromatic heterocycles. The summed E-state index contributed by atoms with van der Waals surface area (Å²) >= 11 is 0. The van der Waals surface area contributed by atoms with Gasteiger partial charge in [0.15, 0.2) is 0 Å². The summed E-state index contributed by atoms with van der Waals surface area (Å²) in [6.45, 7) is 5.81. The number of hydrogen-bond donors (Lipinski definition) is 0. The van der Waals surface area contributed by atoms with Gasteiger partial charge in [0.25, 0.3) is 0 Å². The van der Waals surface area contributed by atoms with Gasteiger partial charge in [-0.3, -0.25) is 4.90 Å². The molecule has 0 unspecified atom stereocenters. The average molecular weight is 274 g/mol. The van der Waals surface area contributed by atoms with Crippen molar-refractivity contribution in [2.75, 3.05) is 7.05 Å². The second-order valence-corrected chi connectivity index (χ2v) is 6.02. The monoisotopic (exact) mass is 274 g/mol. The normalized spacial score (nSPS) is 21.6. The van der Waals surface area contributed by atoms with E-state index in [0.29, 0.717) is 5.92 Å². The van der Waals surface area contributed by atoms with E-state index in [1.807, 2.05) is 18.5 Å². The molecule has 20 heavy (non-hydrogen) atoms. The van der Waals surface area contributed by atoms with Crippen LogP contribution in [-0.4, -0.2) is 26.7 Å². The molecule has 0 saturated heterocycles. The minimum absolute atomic E-state index is 0.649. The molecule has 0 aromatic carbocycles. The molecule has 3 rings (SSSR count). The molecular formula is C15H22N4O. The summed E-state index contributed by atoms with van der Waals surface area (Å²) in [6.07, 6.45) is 1.26. The van der Waals surface area contributed by atoms with E-state index >= 15 is 0 Å². The van der Waals surface area contributed by atoms with Gasteiger partial charge < -0.3 is 8.98 Å². The summed E-state index contributed by atoms with van der Waals surface area (Å²) < 4.78 is 7.96. The summed E-state index contributed by atoms with van der Waals surface area (Å²) in [4.78, 5) is 2.20. The highest BCUT2D eigenvalue weighted by Gasteiger charge is 2.36. The molecule has 5 heteroatoms. The molecule has 0 N–H and O–H groups in total. The van der Waals surface area contributed by atoms with Crippen molar-refractivity contribution in [3.63, 3.8) is 0 Å². The summed E-state index contributed by atoms with van der Waals surface area (Å²) in [5.74, 6) is 5.53. The van der Waals surface area contributed by atoms with Gasteiger partial charge in [-0.1, -0.05) is 6.92 Å². The van der Waals surface area contributed by atoms with Crippen molar-refractivity contribution in [2.45, 2.75) is 39.3 Å². The van der Waals surface area contributed by atoms with Crippen molar-refractivity contribution in [1.82, 2.24) is 19.7 Å². The second kappa shape index (κ2) is 5.05. The largest absolute Gasteiger partial charge is 0.464 e. The summed E-state index contributed by atoms with van der Waals surface area (Å²) in [5.41, 5.74) is 0. The first kappa shape index (κ1) is 13.4. The fourth-order valence-corrected chi connectivity index (χ4v) is 2.55. The van der Waals surface area contributed by atoms with Crippen molar-refractivity contribution >= 4 is 0 Å². The smallest absolute Gasteiger partial charge is 0.146 e. The van der Waals surface area contributed by atoms with Crippen molar-refractivity contribution < 1.29 is 4.42 Å². The van der Waals surface area contributed by atoms with Crippen molar-refractivity contribution in [2.24, 2.45) is 13.0 Å². The Balaban J connectivity index is 1.59. The number of aromatic nitrogens is 3. The van der Waals surface area contributed by atoms with E-state index in [1.165, 1.54) is 6.42 Å². The van der Waals surface area contributed by atoms with E-state index in [2.05, 4.69) is 41.2 Å². The molecular weight excluding hydrogens is 252 g/mol. The Morgan fingerprint density at radius 1 is 1.35 bits per heavy atom. The third-order valence-electron chi connectivity index (χ3n) is 4.18. The van der Waals surface area contributed by atoms with E-state index in [1.54, 1.807) is 0 Å². The van der Waals surface area contributed by atoms with Crippen LogP contribution in [0.15, 0.2) is 16.5 Å². The van der Waals surface area contributed by atoms with Crippen LogP contribution in [0.3, 0.4) is 0 Å². The number of furan rings is 1. The van der Waals surface area contributed by atoms with Crippen LogP contribution in [0.25, 0.3) is 0 Å². The van der Waals surface area contributed by atoms with Gasteiger partial charge in [-0.15, -0.1) is 10.2 Å². The lowest BCUT2D eigenvalue weighted by molar-refractivity contribution is 0.274. The molecule has 0 aliphatic heterocycles. The zero-order valence-electron chi connectivity index (χ0n) is 12.6. The van der Waals surface area contributed by atoms with E-state index in [9.17, 15) is 0 Å². The van der Waals surface area contributed by atoms with Crippen LogP contribution in [0.5, 0.6) is 0 Å². The highest BCUT2D eigenvalue weighted by Crippen LogP contribution is 2.47. The van der Waals surface area contributed by atoms with Gasteiger partial charge in [0, 0.05) is 13.0 Å². The van der Waals surface area contributed by atoms with Gasteiger partial charge in [-0.2, -0.15) is 0 Å². The first-order chi connectivity index (χ1) is 9.54. The van der Waals surface area contributed by atoms with Crippen LogP contribution in [0.4, 0.5) is 0 Å². The zero-order chi connectivity index (χ0) is 14.3. The predicted octanol–water partition coefficient (Wildman–Crippen LogP) is 2.47. The Morgan fingerprint density at radius 3 is 2.70 bits per heavy atom. The maximum absolute atomic E-state index is 5.94. The molecule has 1 aliphatic rings. The minimum Gasteiger partial charge on any atom is -0.464 e. The number of rotatable bonds is 5. The Kier molecular flexibility index (Phi) is 3.38. The molecule has 0 spiro atoms. The van der Waals surface area contributed by atoms with Crippen LogP contribution < -0.4 is 0 Å². The molecule has 108 valence electrons. The first-order valence-corrected chi connectivity index (χ1v) is 7.16. The van der Waals surface area contributed by atoms with Crippen molar-refractivity contribution in [1.29, 1.82) is 0 Å². The average Bonchev–Trinajstić information content (AvgIpc) is 2.81. The molecule has 2 heterocycles. The lowest BCUT2D eigenvalue weighted by Crippen LogP contribution is -2.19. The molecule has 5 nitrogen and oxygen atoms in total. The molecule has 0 bridgehead atoms. The lowest BCUT2D eigenvalue weighted by atomic mass is 10.3. The van der Waals surface area contributed by atoms with Gasteiger partial charge >= 0.3 is 0 Å². The van der Waals surface area contributed by atoms with E-state index in [4.69, 9.17) is 4.42 Å². The van der Waals surface area contributed by atoms with Gasteiger partial charge in [0.1, 0.15) is 23.2 Å². The maximum Gasteiger partial charge on any atom is 0.146 e. The van der Waals surface area contributed by atoms with Gasteiger partial charge in [-0.25, -0.2) is 0 Å². The number of nitrogens with zero attached hydrogens (tertiary/aromatic N) is 4. The topological polar surface area (TPSA) is 47.1 Å². The molecule has 1 saturated carbocycles. The van der Waals surface area contributed by atoms with Crippen LogP contribution in [-0.2, 0) is 20.1 Å². The van der Waals surface area contributed by atoms with Crippen LogP contribution >= 0.6 is 0 Å². The summed E-state index contributed by atoms with van der Waals surface area (Å²) in [6, 6.07) is 4.22. The number of aryl methyl sites for hydroxylation is 1. The van der Waals surface area contributed by atoms with Gasteiger partial charge in [0.2, 0.25) is 0 Å². The maximum atomic E-state index is 5.94. The Hall–Kier alpha value is -1.62. The Bertz CT molecular complexity index is 601. The fraction of sp³-hybridized carbons (Fsp3) is 0.600. The fourth-order valence-electron chi connectivity index (χ4n) is 2.55. The minimum atomic E-state index is 0.649. The Morgan fingerprint density at radius 2 is 2.10 bits per heavy atom. The standard InChI is InChI=1S/C15H22N4O/c1-10-7-13(10)14-6-5-12(20-14)8-18(3)9-15-17-16-11(2)19(15)4/h5-6,10,13H,7-9H2,1-4H3/t10-,13-/m0/s1. The highest BCUT2D eigenvalue weighted by atomic mass is 16.3. The molecule has 2 atom stereocenters. The van der Waals surface area contributed by atoms with E-state index in [0.717, 1.165) is 42.2 Å². The van der Waals surface area contributed by atoms with Crippen LogP contribution in [0.2, 0.25) is 0 Å². The van der Waals surface area contributed by atoms with Crippen molar-refractivity contribution in [3.8, 4) is 0 Å². The third-order valence-corrected chi connectivity index (χ3v) is 4.18. The third kappa shape index (κ3) is 2.63. The lowest BCUT2D eigenvalue weighted by Gasteiger charge is -2.14. The number of hydrogen-bond acceptors (Lipinski definition) is 4. The van der Waals surface area contributed by atoms with E-state index in [-0.39, 0.29) is 0 Å². The first-order valence-electron chi connectivity index (χ1n) is 7.16. The SMILES string of the molecule is Cc1nnc(CN(C)Cc2ccc([C@H]3C[C@@H]3C)o2)n1C. The van der Waals surface area contributed by atoms with Crippen molar-refractivity contribution in [3.05, 3.63) is 35.3 Å². The quantitative estimate of drug-likeness (QED) is 0.840. The van der Waals surface area contributed by atoms with Gasteiger partial charge in [-0.05, 0) is 38.4 Å². The summed E-state index contributed by atoms with van der Waals surface area (Å²) in [7, 11) is 4.07. The molecule has 0 radical (unpaired) electrons. The Labute approximate surface area is 119 Å².